The van der Waals surface area contributed by atoms with Crippen LogP contribution >= 0.6 is 11.3 Å². The second kappa shape index (κ2) is 7.49. The minimum Gasteiger partial charge on any atom is -0.395 e. The molecule has 4 nitrogen and oxygen atoms in total. The van der Waals surface area contributed by atoms with Crippen molar-refractivity contribution in [3.8, 4) is 0 Å². The zero-order chi connectivity index (χ0) is 15.2. The van der Waals surface area contributed by atoms with E-state index in [1.807, 2.05) is 18.2 Å². The lowest BCUT2D eigenvalue weighted by molar-refractivity contribution is -0.135. The molecule has 0 saturated heterocycles. The van der Waals surface area contributed by atoms with Crippen LogP contribution in [0.2, 0.25) is 0 Å². The van der Waals surface area contributed by atoms with E-state index >= 15 is 0 Å². The Morgan fingerprint density at radius 1 is 1.43 bits per heavy atom. The Kier molecular flexibility index (Phi) is 5.67. The predicted molar refractivity (Wildman–Crippen MR) is 81.0 cm³/mol. The molecule has 0 radical (unpaired) electrons. The zero-order valence-electron chi connectivity index (χ0n) is 11.8. The van der Waals surface area contributed by atoms with Crippen molar-refractivity contribution in [2.45, 2.75) is 6.42 Å². The molecule has 0 atom stereocenters. The Morgan fingerprint density at radius 2 is 2.24 bits per heavy atom. The van der Waals surface area contributed by atoms with Gasteiger partial charge in [0.25, 0.3) is 0 Å². The van der Waals surface area contributed by atoms with Gasteiger partial charge in [-0.3, -0.25) is 4.79 Å². The molecular weight excluding hydrogens is 293 g/mol. The number of aliphatic hydroxyl groups excluding tert-OH is 1. The normalized spacial score (nSPS) is 11.0. The Balaban J connectivity index is 1.78. The molecule has 1 amide bonds. The van der Waals surface area contributed by atoms with Gasteiger partial charge in [-0.15, -0.1) is 11.3 Å². The van der Waals surface area contributed by atoms with E-state index in [1.54, 1.807) is 7.05 Å². The van der Waals surface area contributed by atoms with Gasteiger partial charge in [0.05, 0.1) is 13.2 Å². The van der Waals surface area contributed by atoms with Gasteiger partial charge < -0.3 is 14.7 Å². The number of benzene rings is 1. The number of carbonyl (C=O) groups excluding carboxylic acids is 1. The van der Waals surface area contributed by atoms with Gasteiger partial charge in [0.15, 0.2) is 5.13 Å². The Bertz CT molecular complexity index is 614. The fourth-order valence-electron chi connectivity index (χ4n) is 1.95. The molecule has 21 heavy (non-hydrogen) atoms. The summed E-state index contributed by atoms with van der Waals surface area (Å²) in [6.45, 7) is 0.685. The maximum atomic E-state index is 13.1. The molecule has 1 aromatic heterocycles. The fourth-order valence-corrected chi connectivity index (χ4v) is 2.72. The second-order valence-electron chi connectivity index (χ2n) is 4.76. The van der Waals surface area contributed by atoms with Gasteiger partial charge in [-0.2, -0.15) is 4.39 Å². The number of carbonyl (C=O) groups is 1. The topological polar surface area (TPSA) is 49.8 Å². The molecule has 2 aromatic rings. The van der Waals surface area contributed by atoms with E-state index in [1.165, 1.54) is 11.0 Å². The van der Waals surface area contributed by atoms with Crippen molar-refractivity contribution < 1.29 is 19.0 Å². The van der Waals surface area contributed by atoms with Crippen molar-refractivity contribution in [1.82, 2.24) is 4.90 Å². The number of thiophene rings is 1. The first-order valence-corrected chi connectivity index (χ1v) is 7.52. The van der Waals surface area contributed by atoms with Gasteiger partial charge in [-0.25, -0.2) is 0 Å². The van der Waals surface area contributed by atoms with E-state index in [9.17, 15) is 9.18 Å². The molecule has 0 aliphatic rings. The van der Waals surface area contributed by atoms with Crippen molar-refractivity contribution in [2.24, 2.45) is 0 Å². The van der Waals surface area contributed by atoms with Crippen molar-refractivity contribution in [3.05, 3.63) is 35.0 Å². The van der Waals surface area contributed by atoms with E-state index in [4.69, 9.17) is 9.84 Å². The van der Waals surface area contributed by atoms with E-state index in [0.29, 0.717) is 19.6 Å². The third kappa shape index (κ3) is 4.49. The largest absolute Gasteiger partial charge is 0.395 e. The van der Waals surface area contributed by atoms with Crippen LogP contribution in [0.25, 0.3) is 10.1 Å². The minimum atomic E-state index is -0.184. The van der Waals surface area contributed by atoms with Gasteiger partial charge in [-0.1, -0.05) is 12.1 Å². The van der Waals surface area contributed by atoms with Crippen LogP contribution in [0, 0.1) is 5.13 Å². The Labute approximate surface area is 126 Å². The number of halogens is 1. The number of amides is 1. The molecule has 1 aromatic carbocycles. The lowest BCUT2D eigenvalue weighted by atomic mass is 10.1. The summed E-state index contributed by atoms with van der Waals surface area (Å²) in [6.07, 6.45) is 0.671. The summed E-state index contributed by atoms with van der Waals surface area (Å²) >= 11 is 1.13. The summed E-state index contributed by atoms with van der Waals surface area (Å²) < 4.78 is 19.4. The van der Waals surface area contributed by atoms with Crippen LogP contribution in [0.15, 0.2) is 24.3 Å². The molecule has 1 heterocycles. The Morgan fingerprint density at radius 3 is 3.00 bits per heavy atom. The molecular formula is C15H18FNO3S. The van der Waals surface area contributed by atoms with Crippen molar-refractivity contribution in [2.75, 3.05) is 33.4 Å². The van der Waals surface area contributed by atoms with Gasteiger partial charge in [-0.05, 0) is 29.5 Å². The van der Waals surface area contributed by atoms with Crippen LogP contribution in [-0.4, -0.2) is 49.3 Å². The summed E-state index contributed by atoms with van der Waals surface area (Å²) in [5.41, 5.74) is 1.05. The monoisotopic (exact) mass is 311 g/mol. The first kappa shape index (κ1) is 15.9. The molecule has 114 valence electrons. The minimum absolute atomic E-state index is 0.00578. The number of nitrogens with zero attached hydrogens (tertiary/aromatic N) is 1. The summed E-state index contributed by atoms with van der Waals surface area (Å²) in [4.78, 5) is 13.0. The number of hydrogen-bond acceptors (Lipinski definition) is 4. The summed E-state index contributed by atoms with van der Waals surface area (Å²) in [5.74, 6) is -0.153. The Hall–Kier alpha value is -1.50. The van der Waals surface area contributed by atoms with Crippen LogP contribution in [0.3, 0.4) is 0 Å². The lowest BCUT2D eigenvalue weighted by Crippen LogP contribution is -2.32. The molecule has 0 aliphatic heterocycles. The number of aliphatic hydroxyl groups is 1. The van der Waals surface area contributed by atoms with E-state index in [2.05, 4.69) is 0 Å². The highest BCUT2D eigenvalue weighted by atomic mass is 32.1. The van der Waals surface area contributed by atoms with Gasteiger partial charge in [0.2, 0.25) is 5.91 Å². The molecule has 0 saturated carbocycles. The van der Waals surface area contributed by atoms with Crippen LogP contribution in [-0.2, 0) is 16.0 Å². The molecule has 0 aliphatic carbocycles. The second-order valence-corrected chi connectivity index (χ2v) is 5.80. The van der Waals surface area contributed by atoms with Crippen molar-refractivity contribution in [3.63, 3.8) is 0 Å². The smallest absolute Gasteiger partial charge is 0.248 e. The van der Waals surface area contributed by atoms with E-state index < -0.39 is 0 Å². The lowest BCUT2D eigenvalue weighted by Gasteiger charge is -2.15. The number of fused-ring (bicyclic) bond motifs is 1. The van der Waals surface area contributed by atoms with Crippen LogP contribution in [0.4, 0.5) is 4.39 Å². The number of ether oxygens (including phenoxy) is 1. The third-order valence-corrected chi connectivity index (χ3v) is 4.08. The van der Waals surface area contributed by atoms with Crippen molar-refractivity contribution in [1.29, 1.82) is 0 Å². The van der Waals surface area contributed by atoms with Gasteiger partial charge >= 0.3 is 0 Å². The zero-order valence-corrected chi connectivity index (χ0v) is 12.7. The standard InChI is InChI=1S/C15H18FNO3S/c1-17(5-6-18)15(19)10-20-7-4-11-2-3-13-12(8-11)9-14(16)21-13/h2-3,8-9,18H,4-7,10H2,1H3. The predicted octanol–water partition coefficient (Wildman–Crippen LogP) is 2.05. The quantitative estimate of drug-likeness (QED) is 0.796. The SMILES string of the molecule is CN(CCO)C(=O)COCCc1ccc2sc(F)cc2c1. The highest BCUT2D eigenvalue weighted by Crippen LogP contribution is 2.25. The molecule has 0 fully saturated rings. The summed E-state index contributed by atoms with van der Waals surface area (Å²) in [5, 5.41) is 9.45. The molecule has 6 heteroatoms. The van der Waals surface area contributed by atoms with E-state index in [0.717, 1.165) is 27.0 Å². The molecule has 0 unspecified atom stereocenters. The molecule has 1 N–H and O–H groups in total. The molecule has 2 rings (SSSR count). The highest BCUT2D eigenvalue weighted by Gasteiger charge is 2.08. The van der Waals surface area contributed by atoms with E-state index in [-0.39, 0.29) is 24.3 Å². The fraction of sp³-hybridized carbons (Fsp3) is 0.400. The molecule has 0 spiro atoms. The number of hydrogen-bond donors (Lipinski definition) is 1. The summed E-state index contributed by atoms with van der Waals surface area (Å²) in [6, 6.07) is 7.32. The average molecular weight is 311 g/mol. The first-order valence-electron chi connectivity index (χ1n) is 6.70. The molecule has 0 bridgehead atoms. The average Bonchev–Trinajstić information content (AvgIpc) is 2.82. The van der Waals surface area contributed by atoms with Gasteiger partial charge in [0.1, 0.15) is 6.61 Å². The van der Waals surface area contributed by atoms with Crippen LogP contribution in [0.5, 0.6) is 0 Å². The number of likely N-dealkylation sites (N-methyl/N-ethyl adjacent to an activating group) is 1. The summed E-state index contributed by atoms with van der Waals surface area (Å²) in [7, 11) is 1.63. The number of rotatable bonds is 7. The van der Waals surface area contributed by atoms with Crippen LogP contribution in [0.1, 0.15) is 5.56 Å². The van der Waals surface area contributed by atoms with Crippen molar-refractivity contribution >= 4 is 27.3 Å². The highest BCUT2D eigenvalue weighted by molar-refractivity contribution is 7.17. The third-order valence-electron chi connectivity index (χ3n) is 3.17. The maximum Gasteiger partial charge on any atom is 0.248 e. The first-order chi connectivity index (χ1) is 10.1. The van der Waals surface area contributed by atoms with Crippen LogP contribution < -0.4 is 0 Å². The maximum absolute atomic E-state index is 13.1. The van der Waals surface area contributed by atoms with Gasteiger partial charge in [0, 0.05) is 18.3 Å².